The number of aromatic nitrogens is 1. The molecule has 5 heteroatoms. The Morgan fingerprint density at radius 1 is 1.47 bits per heavy atom. The van der Waals surface area contributed by atoms with Crippen molar-refractivity contribution in [3.05, 3.63) is 16.6 Å². The number of hydrogen-bond donors (Lipinski definition) is 0. The third-order valence-corrected chi connectivity index (χ3v) is 4.48. The van der Waals surface area contributed by atoms with Crippen molar-refractivity contribution in [3.63, 3.8) is 0 Å². The van der Waals surface area contributed by atoms with Gasteiger partial charge in [0.1, 0.15) is 0 Å². The molecule has 0 aliphatic carbocycles. The van der Waals surface area contributed by atoms with Gasteiger partial charge >= 0.3 is 0 Å². The van der Waals surface area contributed by atoms with E-state index in [-0.39, 0.29) is 0 Å². The van der Waals surface area contributed by atoms with E-state index in [1.807, 2.05) is 5.51 Å². The zero-order valence-corrected chi connectivity index (χ0v) is 12.9. The SMILES string of the molecule is COCCCN(Cc1cscn1)C1CCN(C)CC1. The number of ether oxygens (including phenoxy) is 1. The molecule has 1 aliphatic heterocycles. The van der Waals surface area contributed by atoms with Crippen LogP contribution in [0.5, 0.6) is 0 Å². The summed E-state index contributed by atoms with van der Waals surface area (Å²) in [5.74, 6) is 0. The van der Waals surface area contributed by atoms with Crippen LogP contribution in [0.1, 0.15) is 25.0 Å². The monoisotopic (exact) mass is 283 g/mol. The highest BCUT2D eigenvalue weighted by atomic mass is 32.1. The highest BCUT2D eigenvalue weighted by Crippen LogP contribution is 2.18. The van der Waals surface area contributed by atoms with E-state index in [1.54, 1.807) is 18.4 Å². The van der Waals surface area contributed by atoms with Crippen LogP contribution >= 0.6 is 11.3 Å². The molecular formula is C14H25N3OS. The Bertz CT molecular complexity index is 336. The van der Waals surface area contributed by atoms with Gasteiger partial charge in [0.2, 0.25) is 0 Å². The number of rotatable bonds is 7. The lowest BCUT2D eigenvalue weighted by Gasteiger charge is -2.37. The summed E-state index contributed by atoms with van der Waals surface area (Å²) in [5.41, 5.74) is 3.14. The Morgan fingerprint density at radius 3 is 2.89 bits per heavy atom. The molecular weight excluding hydrogens is 258 g/mol. The normalized spacial score (nSPS) is 18.3. The summed E-state index contributed by atoms with van der Waals surface area (Å²) >= 11 is 1.69. The van der Waals surface area contributed by atoms with E-state index in [0.29, 0.717) is 6.04 Å². The molecule has 0 bridgehead atoms. The molecule has 2 rings (SSSR count). The fourth-order valence-electron chi connectivity index (χ4n) is 2.69. The number of nitrogens with zero attached hydrogens (tertiary/aromatic N) is 3. The van der Waals surface area contributed by atoms with Gasteiger partial charge < -0.3 is 9.64 Å². The zero-order chi connectivity index (χ0) is 13.5. The third kappa shape index (κ3) is 4.84. The third-order valence-electron chi connectivity index (χ3n) is 3.85. The van der Waals surface area contributed by atoms with Crippen LogP contribution in [-0.4, -0.2) is 61.2 Å². The van der Waals surface area contributed by atoms with Crippen LogP contribution in [0.25, 0.3) is 0 Å². The van der Waals surface area contributed by atoms with Crippen molar-refractivity contribution >= 4 is 11.3 Å². The van der Waals surface area contributed by atoms with Crippen LogP contribution in [-0.2, 0) is 11.3 Å². The quantitative estimate of drug-likeness (QED) is 0.716. The van der Waals surface area contributed by atoms with Crippen molar-refractivity contribution in [1.29, 1.82) is 0 Å². The van der Waals surface area contributed by atoms with Crippen LogP contribution in [0.3, 0.4) is 0 Å². The Balaban J connectivity index is 1.89. The smallest absolute Gasteiger partial charge is 0.0795 e. The van der Waals surface area contributed by atoms with Gasteiger partial charge in [-0.1, -0.05) is 0 Å². The van der Waals surface area contributed by atoms with Gasteiger partial charge in [-0.2, -0.15) is 0 Å². The lowest BCUT2D eigenvalue weighted by Crippen LogP contribution is -2.44. The highest BCUT2D eigenvalue weighted by molar-refractivity contribution is 7.07. The number of hydrogen-bond acceptors (Lipinski definition) is 5. The minimum absolute atomic E-state index is 0.703. The molecule has 1 saturated heterocycles. The fraction of sp³-hybridized carbons (Fsp3) is 0.786. The van der Waals surface area contributed by atoms with Gasteiger partial charge in [-0.05, 0) is 39.4 Å². The van der Waals surface area contributed by atoms with Crippen molar-refractivity contribution in [2.24, 2.45) is 0 Å². The lowest BCUT2D eigenvalue weighted by molar-refractivity contribution is 0.0991. The standard InChI is InChI=1S/C14H25N3OS/c1-16-7-4-14(5-8-16)17(6-3-9-18-2)10-13-11-19-12-15-13/h11-12,14H,3-10H2,1-2H3. The molecule has 0 saturated carbocycles. The van der Waals surface area contributed by atoms with E-state index >= 15 is 0 Å². The Hall–Kier alpha value is -0.490. The summed E-state index contributed by atoms with van der Waals surface area (Å²) in [6.07, 6.45) is 3.65. The number of methoxy groups -OCH3 is 1. The second-order valence-corrected chi connectivity index (χ2v) is 6.05. The minimum atomic E-state index is 0.703. The van der Waals surface area contributed by atoms with E-state index in [0.717, 1.165) is 26.1 Å². The number of likely N-dealkylation sites (tertiary alicyclic amines) is 1. The van der Waals surface area contributed by atoms with Gasteiger partial charge in [0.15, 0.2) is 0 Å². The van der Waals surface area contributed by atoms with Gasteiger partial charge in [0, 0.05) is 38.2 Å². The molecule has 108 valence electrons. The molecule has 1 aliphatic rings. The molecule has 0 N–H and O–H groups in total. The first-order chi connectivity index (χ1) is 9.29. The molecule has 2 heterocycles. The van der Waals surface area contributed by atoms with Crippen LogP contribution in [0.2, 0.25) is 0 Å². The summed E-state index contributed by atoms with van der Waals surface area (Å²) in [4.78, 5) is 9.45. The van der Waals surface area contributed by atoms with Crippen LogP contribution < -0.4 is 0 Å². The molecule has 4 nitrogen and oxygen atoms in total. The molecule has 0 spiro atoms. The van der Waals surface area contributed by atoms with Crippen LogP contribution in [0.15, 0.2) is 10.9 Å². The van der Waals surface area contributed by atoms with Crippen molar-refractivity contribution in [1.82, 2.24) is 14.8 Å². The Morgan fingerprint density at radius 2 is 2.26 bits per heavy atom. The maximum atomic E-state index is 5.18. The van der Waals surface area contributed by atoms with E-state index in [2.05, 4.69) is 27.2 Å². The lowest BCUT2D eigenvalue weighted by atomic mass is 10.0. The molecule has 1 aromatic heterocycles. The summed E-state index contributed by atoms with van der Waals surface area (Å²) in [6.45, 7) is 5.37. The van der Waals surface area contributed by atoms with E-state index in [1.165, 1.54) is 31.6 Å². The average molecular weight is 283 g/mol. The first-order valence-electron chi connectivity index (χ1n) is 7.08. The maximum absolute atomic E-state index is 5.18. The topological polar surface area (TPSA) is 28.6 Å². The molecule has 19 heavy (non-hydrogen) atoms. The largest absolute Gasteiger partial charge is 0.385 e. The first kappa shape index (κ1) is 14.9. The summed E-state index contributed by atoms with van der Waals surface area (Å²) in [7, 11) is 3.99. The second kappa shape index (κ2) is 7.94. The van der Waals surface area contributed by atoms with Crippen molar-refractivity contribution in [3.8, 4) is 0 Å². The van der Waals surface area contributed by atoms with Gasteiger partial charge in [-0.3, -0.25) is 4.90 Å². The van der Waals surface area contributed by atoms with E-state index in [4.69, 9.17) is 4.74 Å². The van der Waals surface area contributed by atoms with E-state index < -0.39 is 0 Å². The maximum Gasteiger partial charge on any atom is 0.0795 e. The molecule has 0 atom stereocenters. The molecule has 0 unspecified atom stereocenters. The summed E-state index contributed by atoms with van der Waals surface area (Å²) < 4.78 is 5.18. The predicted octanol–water partition coefficient (Wildman–Crippen LogP) is 2.08. The van der Waals surface area contributed by atoms with Gasteiger partial charge in [-0.25, -0.2) is 4.98 Å². The molecule has 1 fully saturated rings. The second-order valence-electron chi connectivity index (χ2n) is 5.33. The van der Waals surface area contributed by atoms with Crippen LogP contribution in [0.4, 0.5) is 0 Å². The molecule has 0 amide bonds. The van der Waals surface area contributed by atoms with Crippen molar-refractivity contribution in [2.45, 2.75) is 31.8 Å². The van der Waals surface area contributed by atoms with Gasteiger partial charge in [0.05, 0.1) is 11.2 Å². The summed E-state index contributed by atoms with van der Waals surface area (Å²) in [5, 5.41) is 2.16. The predicted molar refractivity (Wildman–Crippen MR) is 79.5 cm³/mol. The van der Waals surface area contributed by atoms with E-state index in [9.17, 15) is 0 Å². The van der Waals surface area contributed by atoms with Gasteiger partial charge in [-0.15, -0.1) is 11.3 Å². The summed E-state index contributed by atoms with van der Waals surface area (Å²) in [6, 6.07) is 0.703. The fourth-order valence-corrected chi connectivity index (χ4v) is 3.24. The number of piperidine rings is 1. The minimum Gasteiger partial charge on any atom is -0.385 e. The molecule has 0 aromatic carbocycles. The van der Waals surface area contributed by atoms with Gasteiger partial charge in [0.25, 0.3) is 0 Å². The highest BCUT2D eigenvalue weighted by Gasteiger charge is 2.23. The Labute approximate surface area is 120 Å². The zero-order valence-electron chi connectivity index (χ0n) is 12.0. The Kier molecular flexibility index (Phi) is 6.23. The average Bonchev–Trinajstić information content (AvgIpc) is 2.92. The first-order valence-corrected chi connectivity index (χ1v) is 8.02. The van der Waals surface area contributed by atoms with Crippen molar-refractivity contribution < 1.29 is 4.74 Å². The molecule has 0 radical (unpaired) electrons. The number of thiazole rings is 1. The van der Waals surface area contributed by atoms with Crippen LogP contribution in [0, 0.1) is 0 Å². The molecule has 1 aromatic rings. The van der Waals surface area contributed by atoms with Crippen molar-refractivity contribution in [2.75, 3.05) is 40.4 Å².